The average molecular weight is 403 g/mol. The van der Waals surface area contributed by atoms with Gasteiger partial charge in [0.2, 0.25) is 5.91 Å². The second-order valence-corrected chi connectivity index (χ2v) is 6.93. The number of aromatic amines is 1. The van der Waals surface area contributed by atoms with Crippen LogP contribution in [0.5, 0.6) is 0 Å². The molecule has 1 heterocycles. The van der Waals surface area contributed by atoms with Gasteiger partial charge in [0.05, 0.1) is 11.1 Å². The van der Waals surface area contributed by atoms with Crippen LogP contribution in [-0.2, 0) is 10.5 Å². The summed E-state index contributed by atoms with van der Waals surface area (Å²) in [5, 5.41) is 7.45. The van der Waals surface area contributed by atoms with E-state index in [1.807, 2.05) is 18.2 Å². The van der Waals surface area contributed by atoms with Gasteiger partial charge in [0, 0.05) is 16.2 Å². The van der Waals surface area contributed by atoms with Gasteiger partial charge in [0.1, 0.15) is 0 Å². The molecule has 2 amide bonds. The van der Waals surface area contributed by atoms with E-state index in [0.717, 1.165) is 5.56 Å². The molecule has 1 aromatic heterocycles. The van der Waals surface area contributed by atoms with Gasteiger partial charge < -0.3 is 0 Å². The first-order chi connectivity index (χ1) is 13.1. The first-order valence-corrected chi connectivity index (χ1v) is 9.47. The molecular formula is C18H15ClN4O3S. The van der Waals surface area contributed by atoms with Crippen molar-refractivity contribution in [2.75, 3.05) is 5.75 Å². The number of amides is 2. The van der Waals surface area contributed by atoms with Gasteiger partial charge >= 0.3 is 0 Å². The summed E-state index contributed by atoms with van der Waals surface area (Å²) in [5.41, 5.74) is 5.22. The fraction of sp³-hybridized carbons (Fsp3) is 0.111. The molecule has 3 N–H and O–H groups in total. The van der Waals surface area contributed by atoms with Gasteiger partial charge in [-0.1, -0.05) is 48.0 Å². The maximum Gasteiger partial charge on any atom is 0.290 e. The van der Waals surface area contributed by atoms with Crippen molar-refractivity contribution < 1.29 is 9.59 Å². The predicted octanol–water partition coefficient (Wildman–Crippen LogP) is 2.27. The van der Waals surface area contributed by atoms with Gasteiger partial charge in [0.25, 0.3) is 11.5 Å². The summed E-state index contributed by atoms with van der Waals surface area (Å²) in [6.45, 7) is 0. The lowest BCUT2D eigenvalue weighted by molar-refractivity contribution is -0.119. The highest BCUT2D eigenvalue weighted by Gasteiger charge is 2.14. The lowest BCUT2D eigenvalue weighted by Gasteiger charge is -2.08. The van der Waals surface area contributed by atoms with E-state index in [0.29, 0.717) is 21.5 Å². The summed E-state index contributed by atoms with van der Waals surface area (Å²) in [5.74, 6) is -0.264. The van der Waals surface area contributed by atoms with E-state index < -0.39 is 5.91 Å². The van der Waals surface area contributed by atoms with Gasteiger partial charge in [0.15, 0.2) is 5.69 Å². The number of hydrazine groups is 1. The minimum Gasteiger partial charge on any atom is -0.272 e. The number of halogens is 1. The Bertz CT molecular complexity index is 1050. The van der Waals surface area contributed by atoms with Crippen molar-refractivity contribution in [1.82, 2.24) is 21.0 Å². The third-order valence-electron chi connectivity index (χ3n) is 3.68. The summed E-state index contributed by atoms with van der Waals surface area (Å²) >= 11 is 7.44. The van der Waals surface area contributed by atoms with Crippen LogP contribution in [0.15, 0.2) is 53.3 Å². The number of H-pyrrole nitrogens is 1. The molecule has 0 atom stereocenters. The van der Waals surface area contributed by atoms with Crippen molar-refractivity contribution in [2.24, 2.45) is 0 Å². The van der Waals surface area contributed by atoms with Crippen LogP contribution in [-0.4, -0.2) is 27.8 Å². The maximum absolute atomic E-state index is 12.3. The quantitative estimate of drug-likeness (QED) is 0.568. The fourth-order valence-electron chi connectivity index (χ4n) is 2.38. The predicted molar refractivity (Wildman–Crippen MR) is 106 cm³/mol. The van der Waals surface area contributed by atoms with E-state index in [9.17, 15) is 14.4 Å². The van der Waals surface area contributed by atoms with Crippen molar-refractivity contribution in [3.8, 4) is 0 Å². The van der Waals surface area contributed by atoms with Gasteiger partial charge in [-0.25, -0.2) is 5.10 Å². The molecule has 0 saturated carbocycles. The molecule has 2 aromatic carbocycles. The first-order valence-electron chi connectivity index (χ1n) is 7.94. The van der Waals surface area contributed by atoms with E-state index in [2.05, 4.69) is 21.0 Å². The number of carbonyl (C=O) groups excluding carboxylic acids is 2. The van der Waals surface area contributed by atoms with Crippen LogP contribution in [0.3, 0.4) is 0 Å². The third-order valence-corrected chi connectivity index (χ3v) is 5.03. The molecule has 0 spiro atoms. The lowest BCUT2D eigenvalue weighted by Crippen LogP contribution is -2.43. The largest absolute Gasteiger partial charge is 0.290 e. The maximum atomic E-state index is 12.3. The number of fused-ring (bicyclic) bond motifs is 1. The van der Waals surface area contributed by atoms with Crippen LogP contribution in [0, 0.1) is 0 Å². The molecular weight excluding hydrogens is 388 g/mol. The molecule has 7 nitrogen and oxygen atoms in total. The van der Waals surface area contributed by atoms with Crippen LogP contribution >= 0.6 is 23.4 Å². The number of hydrogen-bond acceptors (Lipinski definition) is 5. The molecule has 0 radical (unpaired) electrons. The van der Waals surface area contributed by atoms with Crippen LogP contribution in [0.1, 0.15) is 16.1 Å². The summed E-state index contributed by atoms with van der Waals surface area (Å²) in [4.78, 5) is 35.9. The number of hydrogen-bond donors (Lipinski definition) is 3. The van der Waals surface area contributed by atoms with Crippen LogP contribution < -0.4 is 16.4 Å². The standard InChI is InChI=1S/C18H15ClN4O3S/c19-14-8-4-1-5-11(14)9-27-10-15(24)20-23-18(26)16-12-6-2-3-7-13(12)17(25)22-21-16/h1-8H,9-10H2,(H,20,24)(H,22,25)(H,23,26). The van der Waals surface area contributed by atoms with Gasteiger partial charge in [-0.2, -0.15) is 5.10 Å². The van der Waals surface area contributed by atoms with Crippen molar-refractivity contribution in [3.05, 3.63) is 75.2 Å². The minimum atomic E-state index is -0.619. The second-order valence-electron chi connectivity index (χ2n) is 5.53. The SMILES string of the molecule is O=C(CSCc1ccccc1Cl)NNC(=O)c1n[nH]c(=O)c2ccccc12. The number of aromatic nitrogens is 2. The Hall–Kier alpha value is -2.84. The zero-order chi connectivity index (χ0) is 19.2. The Kier molecular flexibility index (Phi) is 6.10. The van der Waals surface area contributed by atoms with E-state index in [1.54, 1.807) is 30.3 Å². The Morgan fingerprint density at radius 3 is 2.52 bits per heavy atom. The molecule has 0 aliphatic rings. The van der Waals surface area contributed by atoms with Crippen LogP contribution in [0.4, 0.5) is 0 Å². The van der Waals surface area contributed by atoms with Crippen LogP contribution in [0.2, 0.25) is 5.02 Å². The Labute approximate surface area is 163 Å². The van der Waals surface area contributed by atoms with Crippen LogP contribution in [0.25, 0.3) is 10.8 Å². The lowest BCUT2D eigenvalue weighted by atomic mass is 10.1. The monoisotopic (exact) mass is 402 g/mol. The molecule has 27 heavy (non-hydrogen) atoms. The van der Waals surface area contributed by atoms with E-state index >= 15 is 0 Å². The Balaban J connectivity index is 1.55. The fourth-order valence-corrected chi connectivity index (χ4v) is 3.49. The smallest absolute Gasteiger partial charge is 0.272 e. The summed E-state index contributed by atoms with van der Waals surface area (Å²) in [6.07, 6.45) is 0. The van der Waals surface area contributed by atoms with E-state index in [4.69, 9.17) is 11.6 Å². The van der Waals surface area contributed by atoms with Gasteiger partial charge in [-0.3, -0.25) is 25.2 Å². The molecule has 3 rings (SSSR count). The van der Waals surface area contributed by atoms with Crippen molar-refractivity contribution >= 4 is 45.9 Å². The highest BCUT2D eigenvalue weighted by molar-refractivity contribution is 7.99. The molecule has 0 fully saturated rings. The summed E-state index contributed by atoms with van der Waals surface area (Å²) in [7, 11) is 0. The second kappa shape index (κ2) is 8.70. The van der Waals surface area contributed by atoms with Crippen molar-refractivity contribution in [2.45, 2.75) is 5.75 Å². The molecule has 138 valence electrons. The number of thioether (sulfide) groups is 1. The molecule has 0 bridgehead atoms. The molecule has 0 aliphatic carbocycles. The zero-order valence-corrected chi connectivity index (χ0v) is 15.6. The molecule has 3 aromatic rings. The normalized spacial score (nSPS) is 10.6. The van der Waals surface area contributed by atoms with Crippen molar-refractivity contribution in [1.29, 1.82) is 0 Å². The Morgan fingerprint density at radius 1 is 1.04 bits per heavy atom. The highest BCUT2D eigenvalue weighted by Crippen LogP contribution is 2.20. The van der Waals surface area contributed by atoms with E-state index in [-0.39, 0.29) is 22.9 Å². The highest BCUT2D eigenvalue weighted by atomic mass is 35.5. The number of rotatable bonds is 5. The molecule has 0 unspecified atom stereocenters. The van der Waals surface area contributed by atoms with Crippen molar-refractivity contribution in [3.63, 3.8) is 0 Å². The molecule has 0 aliphatic heterocycles. The first kappa shape index (κ1) is 18.9. The number of carbonyl (C=O) groups is 2. The Morgan fingerprint density at radius 2 is 1.74 bits per heavy atom. The average Bonchev–Trinajstić information content (AvgIpc) is 2.68. The summed E-state index contributed by atoms with van der Waals surface area (Å²) < 4.78 is 0. The number of nitrogens with one attached hydrogen (secondary N) is 3. The topological polar surface area (TPSA) is 104 Å². The molecule has 9 heteroatoms. The van der Waals surface area contributed by atoms with Gasteiger partial charge in [-0.05, 0) is 17.7 Å². The minimum absolute atomic E-state index is 0.0224. The molecule has 0 saturated heterocycles. The van der Waals surface area contributed by atoms with E-state index in [1.165, 1.54) is 11.8 Å². The number of benzene rings is 2. The van der Waals surface area contributed by atoms with Gasteiger partial charge in [-0.15, -0.1) is 11.8 Å². The zero-order valence-electron chi connectivity index (χ0n) is 14.0. The number of nitrogens with zero attached hydrogens (tertiary/aromatic N) is 1. The third kappa shape index (κ3) is 4.66. The summed E-state index contributed by atoms with van der Waals surface area (Å²) in [6, 6.07) is 14.0.